The molecule has 6 nitrogen and oxygen atoms in total. The highest BCUT2D eigenvalue weighted by atomic mass is 16.5. The minimum Gasteiger partial charge on any atom is -0.497 e. The average Bonchev–Trinajstić information content (AvgIpc) is 2.60. The first-order valence-corrected chi connectivity index (χ1v) is 8.02. The fourth-order valence-corrected chi connectivity index (χ4v) is 2.57. The molecule has 0 saturated carbocycles. The third kappa shape index (κ3) is 5.25. The highest BCUT2D eigenvalue weighted by molar-refractivity contribution is 5.96. The number of piperazine rings is 1. The fourth-order valence-electron chi connectivity index (χ4n) is 2.57. The fraction of sp³-hybridized carbons (Fsp3) is 0.529. The number of carbonyl (C=O) groups excluding carboxylic acids is 2. The summed E-state index contributed by atoms with van der Waals surface area (Å²) in [5.74, 6) is 0.457. The second kappa shape index (κ2) is 8.53. The van der Waals surface area contributed by atoms with Crippen molar-refractivity contribution in [2.45, 2.75) is 19.9 Å². The molecular formula is C17H25N3O3. The molecule has 1 aromatic rings. The van der Waals surface area contributed by atoms with E-state index in [1.54, 1.807) is 12.0 Å². The molecule has 2 rings (SSSR count). The summed E-state index contributed by atoms with van der Waals surface area (Å²) in [6.07, 6.45) is -0.0811. The maximum atomic E-state index is 12.1. The van der Waals surface area contributed by atoms with Crippen LogP contribution < -0.4 is 10.1 Å². The predicted octanol–water partition coefficient (Wildman–Crippen LogP) is 0.866. The molecular weight excluding hydrogens is 294 g/mol. The Labute approximate surface area is 137 Å². The highest BCUT2D eigenvalue weighted by Crippen LogP contribution is 2.11. The zero-order valence-corrected chi connectivity index (χ0v) is 13.9. The van der Waals surface area contributed by atoms with Crippen LogP contribution in [-0.2, 0) is 16.1 Å². The number of nitrogens with one attached hydrogen (secondary N) is 1. The Bertz CT molecular complexity index is 522. The zero-order valence-electron chi connectivity index (χ0n) is 13.9. The number of likely N-dealkylation sites (N-methyl/N-ethyl adjacent to an activating group) is 1. The number of hydrogen-bond acceptors (Lipinski definition) is 4. The van der Waals surface area contributed by atoms with E-state index in [2.05, 4.69) is 17.1 Å². The highest BCUT2D eigenvalue weighted by Gasteiger charge is 2.21. The van der Waals surface area contributed by atoms with Crippen LogP contribution in [-0.4, -0.2) is 61.4 Å². The molecule has 1 aliphatic heterocycles. The molecule has 1 heterocycles. The van der Waals surface area contributed by atoms with Crippen molar-refractivity contribution < 1.29 is 14.3 Å². The van der Waals surface area contributed by atoms with Crippen molar-refractivity contribution in [3.05, 3.63) is 29.8 Å². The van der Waals surface area contributed by atoms with Crippen LogP contribution in [0.25, 0.3) is 0 Å². The molecule has 0 unspecified atom stereocenters. The summed E-state index contributed by atoms with van der Waals surface area (Å²) in [5.41, 5.74) is 0.975. The van der Waals surface area contributed by atoms with E-state index in [1.165, 1.54) is 0 Å². The van der Waals surface area contributed by atoms with E-state index in [9.17, 15) is 9.59 Å². The summed E-state index contributed by atoms with van der Waals surface area (Å²) in [6, 6.07) is 7.48. The molecule has 0 bridgehead atoms. The Morgan fingerprint density at radius 1 is 1.13 bits per heavy atom. The van der Waals surface area contributed by atoms with Crippen molar-refractivity contribution in [3.8, 4) is 5.75 Å². The van der Waals surface area contributed by atoms with Crippen LogP contribution in [0.4, 0.5) is 0 Å². The van der Waals surface area contributed by atoms with E-state index in [0.29, 0.717) is 19.6 Å². The van der Waals surface area contributed by atoms with E-state index >= 15 is 0 Å². The largest absolute Gasteiger partial charge is 0.497 e. The zero-order chi connectivity index (χ0) is 16.7. The Morgan fingerprint density at radius 2 is 1.78 bits per heavy atom. The normalized spacial score (nSPS) is 15.3. The van der Waals surface area contributed by atoms with Gasteiger partial charge < -0.3 is 19.9 Å². The molecule has 1 aromatic carbocycles. The number of amides is 2. The van der Waals surface area contributed by atoms with Gasteiger partial charge in [-0.3, -0.25) is 9.59 Å². The molecule has 23 heavy (non-hydrogen) atoms. The van der Waals surface area contributed by atoms with E-state index in [-0.39, 0.29) is 18.2 Å². The maximum Gasteiger partial charge on any atom is 0.232 e. The molecule has 1 aliphatic rings. The van der Waals surface area contributed by atoms with Gasteiger partial charge in [0.05, 0.1) is 7.11 Å². The van der Waals surface area contributed by atoms with Crippen LogP contribution in [0.2, 0.25) is 0 Å². The summed E-state index contributed by atoms with van der Waals surface area (Å²) >= 11 is 0. The van der Waals surface area contributed by atoms with E-state index in [0.717, 1.165) is 30.9 Å². The van der Waals surface area contributed by atoms with Crippen LogP contribution in [0.1, 0.15) is 18.9 Å². The topological polar surface area (TPSA) is 61.9 Å². The molecule has 0 atom stereocenters. The Kier molecular flexibility index (Phi) is 6.40. The van der Waals surface area contributed by atoms with Crippen molar-refractivity contribution in [2.75, 3.05) is 39.8 Å². The standard InChI is InChI=1S/C17H25N3O3/c1-3-19-8-10-20(11-9-19)17(22)12-16(21)18-13-14-4-6-15(23-2)7-5-14/h4-7H,3,8-13H2,1-2H3,(H,18,21). The Hall–Kier alpha value is -2.08. The molecule has 126 valence electrons. The van der Waals surface area contributed by atoms with Gasteiger partial charge in [-0.05, 0) is 24.2 Å². The molecule has 2 amide bonds. The SMILES string of the molecule is CCN1CCN(C(=O)CC(=O)NCc2ccc(OC)cc2)CC1. The number of benzene rings is 1. The van der Waals surface area contributed by atoms with Gasteiger partial charge in [0.2, 0.25) is 11.8 Å². The monoisotopic (exact) mass is 319 g/mol. The number of methoxy groups -OCH3 is 1. The minimum atomic E-state index is -0.233. The van der Waals surface area contributed by atoms with Crippen LogP contribution in [0.5, 0.6) is 5.75 Å². The van der Waals surface area contributed by atoms with Crippen LogP contribution in [0.15, 0.2) is 24.3 Å². The van der Waals surface area contributed by atoms with Crippen LogP contribution >= 0.6 is 0 Å². The average molecular weight is 319 g/mol. The van der Waals surface area contributed by atoms with Crippen LogP contribution in [0, 0.1) is 0 Å². The van der Waals surface area contributed by atoms with Gasteiger partial charge in [-0.25, -0.2) is 0 Å². The molecule has 1 fully saturated rings. The van der Waals surface area contributed by atoms with Crippen molar-refractivity contribution in [1.82, 2.24) is 15.1 Å². The van der Waals surface area contributed by atoms with Gasteiger partial charge in [0.15, 0.2) is 0 Å². The lowest BCUT2D eigenvalue weighted by molar-refractivity contribution is -0.137. The van der Waals surface area contributed by atoms with Crippen molar-refractivity contribution in [2.24, 2.45) is 0 Å². The molecule has 0 radical (unpaired) electrons. The van der Waals surface area contributed by atoms with Gasteiger partial charge in [0.1, 0.15) is 12.2 Å². The smallest absolute Gasteiger partial charge is 0.232 e. The van der Waals surface area contributed by atoms with Gasteiger partial charge in [-0.2, -0.15) is 0 Å². The number of carbonyl (C=O) groups is 2. The van der Waals surface area contributed by atoms with Crippen molar-refractivity contribution in [1.29, 1.82) is 0 Å². The lowest BCUT2D eigenvalue weighted by Crippen LogP contribution is -2.49. The summed E-state index contributed by atoms with van der Waals surface area (Å²) in [4.78, 5) is 28.1. The van der Waals surface area contributed by atoms with E-state index in [4.69, 9.17) is 4.74 Å². The first-order chi connectivity index (χ1) is 11.1. The second-order valence-corrected chi connectivity index (χ2v) is 5.62. The molecule has 6 heteroatoms. The quantitative estimate of drug-likeness (QED) is 0.790. The number of rotatable bonds is 6. The summed E-state index contributed by atoms with van der Waals surface area (Å²) in [5, 5.41) is 2.79. The Balaban J connectivity index is 1.72. The predicted molar refractivity (Wildman–Crippen MR) is 88.2 cm³/mol. The maximum absolute atomic E-state index is 12.1. The van der Waals surface area contributed by atoms with Gasteiger partial charge in [0.25, 0.3) is 0 Å². The van der Waals surface area contributed by atoms with E-state index < -0.39 is 0 Å². The minimum absolute atomic E-state index is 0.0811. The number of ether oxygens (including phenoxy) is 1. The lowest BCUT2D eigenvalue weighted by atomic mass is 10.2. The summed E-state index contributed by atoms with van der Waals surface area (Å²) < 4.78 is 5.09. The first kappa shape index (κ1) is 17.3. The molecule has 0 aliphatic carbocycles. The number of nitrogens with zero attached hydrogens (tertiary/aromatic N) is 2. The first-order valence-electron chi connectivity index (χ1n) is 8.02. The van der Waals surface area contributed by atoms with Crippen molar-refractivity contribution in [3.63, 3.8) is 0 Å². The van der Waals surface area contributed by atoms with Crippen LogP contribution in [0.3, 0.4) is 0 Å². The lowest BCUT2D eigenvalue weighted by Gasteiger charge is -2.33. The molecule has 1 saturated heterocycles. The molecule has 1 N–H and O–H groups in total. The van der Waals surface area contributed by atoms with Crippen molar-refractivity contribution >= 4 is 11.8 Å². The molecule has 0 aromatic heterocycles. The Morgan fingerprint density at radius 3 is 2.35 bits per heavy atom. The van der Waals surface area contributed by atoms with Gasteiger partial charge >= 0.3 is 0 Å². The van der Waals surface area contributed by atoms with E-state index in [1.807, 2.05) is 24.3 Å². The third-order valence-corrected chi connectivity index (χ3v) is 4.13. The number of hydrogen-bond donors (Lipinski definition) is 1. The summed E-state index contributed by atoms with van der Waals surface area (Å²) in [6.45, 7) is 6.72. The second-order valence-electron chi connectivity index (χ2n) is 5.62. The van der Waals surface area contributed by atoms with Gasteiger partial charge in [-0.15, -0.1) is 0 Å². The molecule has 0 spiro atoms. The summed E-state index contributed by atoms with van der Waals surface area (Å²) in [7, 11) is 1.61. The van der Waals surface area contributed by atoms with Gasteiger partial charge in [0, 0.05) is 32.7 Å². The van der Waals surface area contributed by atoms with Gasteiger partial charge in [-0.1, -0.05) is 19.1 Å². The third-order valence-electron chi connectivity index (χ3n) is 4.13.